The quantitative estimate of drug-likeness (QED) is 0.588. The molecule has 7 nitrogen and oxygen atoms in total. The lowest BCUT2D eigenvalue weighted by Crippen LogP contribution is -2.24. The molecule has 0 aliphatic rings. The summed E-state index contributed by atoms with van der Waals surface area (Å²) >= 11 is 0. The number of carbonyl (C=O) groups excluding carboxylic acids is 3. The Hall–Kier alpha value is -3.48. The van der Waals surface area contributed by atoms with Crippen LogP contribution >= 0.6 is 0 Å². The normalized spacial score (nSPS) is 9.88. The van der Waals surface area contributed by atoms with E-state index in [1.807, 2.05) is 0 Å². The Morgan fingerprint density at radius 3 is 2.54 bits per heavy atom. The first-order valence-electron chi connectivity index (χ1n) is 7.98. The molecule has 0 saturated heterocycles. The number of nitrogens with zero attached hydrogens (tertiary/aromatic N) is 1. The van der Waals surface area contributed by atoms with E-state index in [1.165, 1.54) is 18.5 Å². The fourth-order valence-corrected chi connectivity index (χ4v) is 2.13. The number of amides is 2. The molecule has 0 spiro atoms. The third kappa shape index (κ3) is 4.76. The van der Waals surface area contributed by atoms with Crippen LogP contribution < -0.4 is 10.6 Å². The predicted molar refractivity (Wildman–Crippen MR) is 97.1 cm³/mol. The molecular weight excluding hydrogens is 334 g/mol. The number of nitrogens with one attached hydrogen (secondary N) is 2. The molecule has 0 bridgehead atoms. The fourth-order valence-electron chi connectivity index (χ4n) is 2.13. The molecule has 1 heterocycles. The molecule has 26 heavy (non-hydrogen) atoms. The highest BCUT2D eigenvalue weighted by Crippen LogP contribution is 2.17. The van der Waals surface area contributed by atoms with Gasteiger partial charge < -0.3 is 15.4 Å². The smallest absolute Gasteiger partial charge is 0.340 e. The number of ether oxygens (including phenoxy) is 1. The molecule has 1 aromatic carbocycles. The van der Waals surface area contributed by atoms with Crippen molar-refractivity contribution in [2.75, 3.05) is 18.5 Å². The van der Waals surface area contributed by atoms with Crippen molar-refractivity contribution in [2.24, 2.45) is 0 Å². The Labute approximate surface area is 151 Å². The number of hydrogen-bond acceptors (Lipinski definition) is 5. The van der Waals surface area contributed by atoms with Gasteiger partial charge in [0.05, 0.1) is 29.0 Å². The Morgan fingerprint density at radius 1 is 1.15 bits per heavy atom. The van der Waals surface area contributed by atoms with Crippen LogP contribution in [-0.2, 0) is 4.74 Å². The summed E-state index contributed by atoms with van der Waals surface area (Å²) in [6.45, 7) is 5.76. The molecule has 0 radical (unpaired) electrons. The molecule has 0 aliphatic heterocycles. The van der Waals surface area contributed by atoms with Gasteiger partial charge in [0.1, 0.15) is 0 Å². The number of aromatic nitrogens is 1. The Kier molecular flexibility index (Phi) is 6.61. The summed E-state index contributed by atoms with van der Waals surface area (Å²) in [7, 11) is 0. The number of pyridine rings is 1. The Balaban J connectivity index is 2.20. The monoisotopic (exact) mass is 353 g/mol. The van der Waals surface area contributed by atoms with Crippen LogP contribution in [0.5, 0.6) is 0 Å². The van der Waals surface area contributed by atoms with Crippen molar-refractivity contribution in [1.29, 1.82) is 0 Å². The highest BCUT2D eigenvalue weighted by Gasteiger charge is 2.16. The number of para-hydroxylation sites is 1. The first-order valence-corrected chi connectivity index (χ1v) is 7.98. The second-order valence-corrected chi connectivity index (χ2v) is 5.18. The summed E-state index contributed by atoms with van der Waals surface area (Å²) in [6, 6.07) is 7.95. The van der Waals surface area contributed by atoms with Crippen LogP contribution in [0.3, 0.4) is 0 Å². The van der Waals surface area contributed by atoms with Crippen LogP contribution in [0.25, 0.3) is 0 Å². The topological polar surface area (TPSA) is 97.4 Å². The van der Waals surface area contributed by atoms with Crippen LogP contribution in [0.1, 0.15) is 38.0 Å². The van der Waals surface area contributed by atoms with Gasteiger partial charge in [-0.25, -0.2) is 4.79 Å². The standard InChI is InChI=1S/C19H19N3O4/c1-3-9-21-17(23)13-10-14(12-20-11-13)18(24)22-16-8-6-5-7-15(16)19(25)26-4-2/h3,5-8,10-12H,1,4,9H2,2H3,(H,21,23)(H,22,24). The second kappa shape index (κ2) is 9.12. The number of benzene rings is 1. The van der Waals surface area contributed by atoms with E-state index < -0.39 is 11.9 Å². The summed E-state index contributed by atoms with van der Waals surface area (Å²) in [5.74, 6) is -1.38. The highest BCUT2D eigenvalue weighted by molar-refractivity contribution is 6.08. The van der Waals surface area contributed by atoms with Crippen molar-refractivity contribution in [1.82, 2.24) is 10.3 Å². The lowest BCUT2D eigenvalue weighted by Gasteiger charge is -2.10. The zero-order valence-electron chi connectivity index (χ0n) is 14.3. The van der Waals surface area contributed by atoms with Gasteiger partial charge in [-0.15, -0.1) is 6.58 Å². The minimum atomic E-state index is -0.529. The number of rotatable bonds is 7. The Morgan fingerprint density at radius 2 is 1.85 bits per heavy atom. The summed E-state index contributed by atoms with van der Waals surface area (Å²) < 4.78 is 4.98. The molecule has 1 aromatic heterocycles. The average Bonchev–Trinajstić information content (AvgIpc) is 2.66. The van der Waals surface area contributed by atoms with E-state index in [1.54, 1.807) is 37.3 Å². The molecule has 2 rings (SSSR count). The average molecular weight is 353 g/mol. The maximum atomic E-state index is 12.5. The number of carbonyl (C=O) groups is 3. The lowest BCUT2D eigenvalue weighted by molar-refractivity contribution is 0.0527. The SMILES string of the molecule is C=CCNC(=O)c1cncc(C(=O)Nc2ccccc2C(=O)OCC)c1. The fraction of sp³-hybridized carbons (Fsp3) is 0.158. The van der Waals surface area contributed by atoms with Gasteiger partial charge in [-0.05, 0) is 25.1 Å². The largest absolute Gasteiger partial charge is 0.462 e. The lowest BCUT2D eigenvalue weighted by atomic mass is 10.1. The van der Waals surface area contributed by atoms with Gasteiger partial charge in [-0.1, -0.05) is 18.2 Å². The van der Waals surface area contributed by atoms with Gasteiger partial charge in [0, 0.05) is 18.9 Å². The van der Waals surface area contributed by atoms with E-state index in [0.29, 0.717) is 12.2 Å². The van der Waals surface area contributed by atoms with Gasteiger partial charge in [0.15, 0.2) is 0 Å². The van der Waals surface area contributed by atoms with E-state index in [0.717, 1.165) is 0 Å². The van der Waals surface area contributed by atoms with Crippen molar-refractivity contribution in [3.63, 3.8) is 0 Å². The van der Waals surface area contributed by atoms with E-state index in [-0.39, 0.29) is 29.2 Å². The summed E-state index contributed by atoms with van der Waals surface area (Å²) in [6.07, 6.45) is 4.25. The molecule has 7 heteroatoms. The van der Waals surface area contributed by atoms with Crippen LogP contribution in [0.15, 0.2) is 55.4 Å². The zero-order valence-corrected chi connectivity index (χ0v) is 14.3. The second-order valence-electron chi connectivity index (χ2n) is 5.18. The van der Waals surface area contributed by atoms with Crippen LogP contribution in [-0.4, -0.2) is 35.9 Å². The van der Waals surface area contributed by atoms with Crippen molar-refractivity contribution in [2.45, 2.75) is 6.92 Å². The van der Waals surface area contributed by atoms with Gasteiger partial charge in [-0.2, -0.15) is 0 Å². The highest BCUT2D eigenvalue weighted by atomic mass is 16.5. The maximum Gasteiger partial charge on any atom is 0.340 e. The van der Waals surface area contributed by atoms with E-state index in [2.05, 4.69) is 22.2 Å². The number of esters is 1. The molecule has 2 N–H and O–H groups in total. The first kappa shape index (κ1) is 18.9. The van der Waals surface area contributed by atoms with Gasteiger partial charge in [0.2, 0.25) is 0 Å². The summed E-state index contributed by atoms with van der Waals surface area (Å²) in [4.78, 5) is 40.3. The summed E-state index contributed by atoms with van der Waals surface area (Å²) in [5, 5.41) is 5.26. The van der Waals surface area contributed by atoms with Crippen LogP contribution in [0.4, 0.5) is 5.69 Å². The molecule has 0 atom stereocenters. The van der Waals surface area contributed by atoms with E-state index in [4.69, 9.17) is 4.74 Å². The molecule has 2 aromatic rings. The predicted octanol–water partition coefficient (Wildman–Crippen LogP) is 2.43. The minimum absolute atomic E-state index is 0.190. The van der Waals surface area contributed by atoms with Crippen molar-refractivity contribution in [3.8, 4) is 0 Å². The zero-order chi connectivity index (χ0) is 18.9. The van der Waals surface area contributed by atoms with Crippen molar-refractivity contribution < 1.29 is 19.1 Å². The van der Waals surface area contributed by atoms with Gasteiger partial charge >= 0.3 is 5.97 Å². The van der Waals surface area contributed by atoms with Crippen LogP contribution in [0, 0.1) is 0 Å². The minimum Gasteiger partial charge on any atom is -0.462 e. The maximum absolute atomic E-state index is 12.5. The van der Waals surface area contributed by atoms with Crippen molar-refractivity contribution >= 4 is 23.5 Å². The van der Waals surface area contributed by atoms with E-state index >= 15 is 0 Å². The number of hydrogen-bond donors (Lipinski definition) is 2. The van der Waals surface area contributed by atoms with Gasteiger partial charge in [-0.3, -0.25) is 14.6 Å². The molecule has 0 fully saturated rings. The molecule has 2 amide bonds. The van der Waals surface area contributed by atoms with Crippen molar-refractivity contribution in [3.05, 3.63) is 72.1 Å². The third-order valence-corrected chi connectivity index (χ3v) is 3.34. The first-order chi connectivity index (χ1) is 12.6. The number of anilines is 1. The van der Waals surface area contributed by atoms with Gasteiger partial charge in [0.25, 0.3) is 11.8 Å². The Bertz CT molecular complexity index is 833. The molecule has 0 saturated carbocycles. The van der Waals surface area contributed by atoms with Crippen LogP contribution in [0.2, 0.25) is 0 Å². The molecule has 134 valence electrons. The third-order valence-electron chi connectivity index (χ3n) is 3.34. The summed E-state index contributed by atoms with van der Waals surface area (Å²) in [5.41, 5.74) is 1.00. The molecular formula is C19H19N3O4. The molecule has 0 unspecified atom stereocenters. The van der Waals surface area contributed by atoms with E-state index in [9.17, 15) is 14.4 Å². The molecule has 0 aliphatic carbocycles.